The molecular formula is C22H17N3O2. The molecule has 5 nitrogen and oxygen atoms in total. The summed E-state index contributed by atoms with van der Waals surface area (Å²) in [5.41, 5.74) is 3.25. The molecule has 3 aromatic rings. The second-order valence-electron chi connectivity index (χ2n) is 5.76. The van der Waals surface area contributed by atoms with Gasteiger partial charge in [0, 0.05) is 35.6 Å². The van der Waals surface area contributed by atoms with Crippen LogP contribution in [0.15, 0.2) is 72.9 Å². The number of pyridine rings is 1. The van der Waals surface area contributed by atoms with E-state index in [2.05, 4.69) is 27.5 Å². The first kappa shape index (κ1) is 17.9. The van der Waals surface area contributed by atoms with Gasteiger partial charge in [0.2, 0.25) is 5.91 Å². The Kier molecular flexibility index (Phi) is 5.60. The number of anilines is 2. The molecule has 1 heterocycles. The first-order valence-corrected chi connectivity index (χ1v) is 8.32. The predicted octanol–water partition coefficient (Wildman–Crippen LogP) is 3.69. The molecular weight excluding hydrogens is 338 g/mol. The van der Waals surface area contributed by atoms with Gasteiger partial charge in [0.05, 0.1) is 0 Å². The van der Waals surface area contributed by atoms with Crippen LogP contribution >= 0.6 is 0 Å². The minimum absolute atomic E-state index is 0.157. The first-order valence-electron chi connectivity index (χ1n) is 8.32. The molecule has 0 aliphatic heterocycles. The molecule has 27 heavy (non-hydrogen) atoms. The Balaban J connectivity index is 1.70. The van der Waals surface area contributed by atoms with Crippen LogP contribution in [0.4, 0.5) is 11.4 Å². The van der Waals surface area contributed by atoms with Gasteiger partial charge in [-0.05, 0) is 60.5 Å². The number of amides is 2. The van der Waals surface area contributed by atoms with Crippen molar-refractivity contribution in [1.29, 1.82) is 0 Å². The molecule has 0 saturated heterocycles. The number of nitrogens with zero attached hydrogens (tertiary/aromatic N) is 1. The van der Waals surface area contributed by atoms with Crippen LogP contribution in [0.1, 0.15) is 28.5 Å². The standard InChI is InChI=1S/C22H17N3O2/c1-16(26)24-20-12-9-18(10-13-20)22(27)25-21-7-4-5-17(15-21)8-11-19-6-2-3-14-23-19/h2-7,9-10,12-15H,1H3,(H,24,26)(H,25,27). The van der Waals surface area contributed by atoms with E-state index in [1.165, 1.54) is 6.92 Å². The Morgan fingerprint density at radius 2 is 1.67 bits per heavy atom. The van der Waals surface area contributed by atoms with Gasteiger partial charge in [-0.1, -0.05) is 18.1 Å². The van der Waals surface area contributed by atoms with Crippen molar-refractivity contribution in [2.24, 2.45) is 0 Å². The highest BCUT2D eigenvalue weighted by Gasteiger charge is 2.06. The van der Waals surface area contributed by atoms with Crippen molar-refractivity contribution >= 4 is 23.2 Å². The highest BCUT2D eigenvalue weighted by Crippen LogP contribution is 2.14. The van der Waals surface area contributed by atoms with Crippen LogP contribution in [0.25, 0.3) is 0 Å². The maximum Gasteiger partial charge on any atom is 0.255 e. The summed E-state index contributed by atoms with van der Waals surface area (Å²) in [7, 11) is 0. The molecule has 132 valence electrons. The molecule has 2 aromatic carbocycles. The van der Waals surface area contributed by atoms with Gasteiger partial charge in [-0.15, -0.1) is 0 Å². The fraction of sp³-hybridized carbons (Fsp3) is 0.0455. The fourth-order valence-corrected chi connectivity index (χ4v) is 2.36. The zero-order valence-electron chi connectivity index (χ0n) is 14.7. The molecule has 0 bridgehead atoms. The van der Waals surface area contributed by atoms with Crippen molar-refractivity contribution in [2.75, 3.05) is 10.6 Å². The maximum absolute atomic E-state index is 12.4. The van der Waals surface area contributed by atoms with Crippen LogP contribution in [0.3, 0.4) is 0 Å². The summed E-state index contributed by atoms with van der Waals surface area (Å²) >= 11 is 0. The van der Waals surface area contributed by atoms with E-state index in [1.807, 2.05) is 30.3 Å². The number of rotatable bonds is 3. The van der Waals surface area contributed by atoms with E-state index in [1.54, 1.807) is 42.6 Å². The maximum atomic E-state index is 12.4. The molecule has 0 aliphatic rings. The summed E-state index contributed by atoms with van der Waals surface area (Å²) in [4.78, 5) is 27.6. The molecule has 1 aromatic heterocycles. The van der Waals surface area contributed by atoms with Gasteiger partial charge in [-0.3, -0.25) is 9.59 Å². The topological polar surface area (TPSA) is 71.1 Å². The fourth-order valence-electron chi connectivity index (χ4n) is 2.36. The SMILES string of the molecule is CC(=O)Nc1ccc(C(=O)Nc2cccc(C#Cc3ccccn3)c2)cc1. The highest BCUT2D eigenvalue weighted by atomic mass is 16.2. The number of hydrogen-bond donors (Lipinski definition) is 2. The van der Waals surface area contributed by atoms with Gasteiger partial charge in [0.1, 0.15) is 5.69 Å². The van der Waals surface area contributed by atoms with Gasteiger partial charge in [-0.2, -0.15) is 0 Å². The molecule has 2 amide bonds. The summed E-state index contributed by atoms with van der Waals surface area (Å²) in [6.45, 7) is 1.43. The lowest BCUT2D eigenvalue weighted by atomic mass is 10.1. The Morgan fingerprint density at radius 1 is 0.852 bits per heavy atom. The Morgan fingerprint density at radius 3 is 2.37 bits per heavy atom. The number of carbonyl (C=O) groups is 2. The second-order valence-corrected chi connectivity index (χ2v) is 5.76. The summed E-state index contributed by atoms with van der Waals surface area (Å²) in [5.74, 6) is 5.63. The zero-order chi connectivity index (χ0) is 19.1. The number of hydrogen-bond acceptors (Lipinski definition) is 3. The molecule has 0 radical (unpaired) electrons. The minimum atomic E-state index is -0.237. The van der Waals surface area contributed by atoms with Crippen molar-refractivity contribution < 1.29 is 9.59 Å². The third-order valence-corrected chi connectivity index (χ3v) is 3.59. The summed E-state index contributed by atoms with van der Waals surface area (Å²) in [5, 5.41) is 5.51. The van der Waals surface area contributed by atoms with Crippen LogP contribution in [0.2, 0.25) is 0 Å². The lowest BCUT2D eigenvalue weighted by Gasteiger charge is -2.07. The molecule has 0 fully saturated rings. The van der Waals surface area contributed by atoms with Crippen molar-refractivity contribution in [1.82, 2.24) is 4.98 Å². The lowest BCUT2D eigenvalue weighted by Crippen LogP contribution is -2.12. The average molecular weight is 355 g/mol. The number of carbonyl (C=O) groups excluding carboxylic acids is 2. The Bertz CT molecular complexity index is 1020. The van der Waals surface area contributed by atoms with E-state index in [0.717, 1.165) is 5.56 Å². The molecule has 2 N–H and O–H groups in total. The van der Waals surface area contributed by atoms with Crippen molar-refractivity contribution in [2.45, 2.75) is 6.92 Å². The van der Waals surface area contributed by atoms with Gasteiger partial charge in [0.15, 0.2) is 0 Å². The van der Waals surface area contributed by atoms with Crippen LogP contribution in [-0.2, 0) is 4.79 Å². The summed E-state index contributed by atoms with van der Waals surface area (Å²) < 4.78 is 0. The van der Waals surface area contributed by atoms with Crippen LogP contribution in [-0.4, -0.2) is 16.8 Å². The van der Waals surface area contributed by atoms with Gasteiger partial charge >= 0.3 is 0 Å². The predicted molar refractivity (Wildman–Crippen MR) is 105 cm³/mol. The smallest absolute Gasteiger partial charge is 0.255 e. The number of nitrogens with one attached hydrogen (secondary N) is 2. The third kappa shape index (κ3) is 5.28. The van der Waals surface area contributed by atoms with Crippen LogP contribution < -0.4 is 10.6 Å². The van der Waals surface area contributed by atoms with E-state index < -0.39 is 0 Å². The van der Waals surface area contributed by atoms with E-state index in [4.69, 9.17) is 0 Å². The third-order valence-electron chi connectivity index (χ3n) is 3.59. The largest absolute Gasteiger partial charge is 0.326 e. The molecule has 3 rings (SSSR count). The molecule has 0 aliphatic carbocycles. The van der Waals surface area contributed by atoms with E-state index in [9.17, 15) is 9.59 Å². The van der Waals surface area contributed by atoms with Gasteiger partial charge in [-0.25, -0.2) is 4.98 Å². The lowest BCUT2D eigenvalue weighted by molar-refractivity contribution is -0.114. The van der Waals surface area contributed by atoms with Gasteiger partial charge < -0.3 is 10.6 Å². The normalized spacial score (nSPS) is 9.67. The first-order chi connectivity index (χ1) is 13.1. The number of benzene rings is 2. The average Bonchev–Trinajstić information content (AvgIpc) is 2.67. The van der Waals surface area contributed by atoms with E-state index in [-0.39, 0.29) is 11.8 Å². The molecule has 0 unspecified atom stereocenters. The van der Waals surface area contributed by atoms with Crippen molar-refractivity contribution in [3.05, 3.63) is 89.7 Å². The molecule has 0 spiro atoms. The highest BCUT2D eigenvalue weighted by molar-refractivity contribution is 6.04. The van der Waals surface area contributed by atoms with Crippen LogP contribution in [0, 0.1) is 11.8 Å². The molecule has 0 saturated carbocycles. The Labute approximate surface area is 157 Å². The molecule has 0 atom stereocenters. The Hall–Kier alpha value is -3.91. The van der Waals surface area contributed by atoms with E-state index in [0.29, 0.717) is 22.6 Å². The quantitative estimate of drug-likeness (QED) is 0.704. The second kappa shape index (κ2) is 8.45. The minimum Gasteiger partial charge on any atom is -0.326 e. The summed E-state index contributed by atoms with van der Waals surface area (Å²) in [6, 6.07) is 19.5. The summed E-state index contributed by atoms with van der Waals surface area (Å²) in [6.07, 6.45) is 1.69. The molecule has 5 heteroatoms. The van der Waals surface area contributed by atoms with Crippen molar-refractivity contribution in [3.63, 3.8) is 0 Å². The number of aromatic nitrogens is 1. The van der Waals surface area contributed by atoms with Crippen LogP contribution in [0.5, 0.6) is 0 Å². The monoisotopic (exact) mass is 355 g/mol. The van der Waals surface area contributed by atoms with Gasteiger partial charge in [0.25, 0.3) is 5.91 Å². The van der Waals surface area contributed by atoms with E-state index >= 15 is 0 Å². The van der Waals surface area contributed by atoms with Crippen molar-refractivity contribution in [3.8, 4) is 11.8 Å². The zero-order valence-corrected chi connectivity index (χ0v) is 14.7.